The maximum absolute atomic E-state index is 3.60. The summed E-state index contributed by atoms with van der Waals surface area (Å²) in [5, 5.41) is 5.61. The molecule has 0 unspecified atom stereocenters. The van der Waals surface area contributed by atoms with Crippen LogP contribution in [-0.4, -0.2) is 6.54 Å². The Kier molecular flexibility index (Phi) is 4.77. The fraction of sp³-hybridized carbons (Fsp3) is 0.286. The molecule has 1 N–H and O–H groups in total. The van der Waals surface area contributed by atoms with E-state index in [0.29, 0.717) is 0 Å². The van der Waals surface area contributed by atoms with Crippen molar-refractivity contribution < 1.29 is 0 Å². The molecular formula is C14H16BrNS. The first-order chi connectivity index (χ1) is 8.25. The summed E-state index contributed by atoms with van der Waals surface area (Å²) in [4.78, 5) is 1.44. The van der Waals surface area contributed by atoms with Crippen LogP contribution in [0.15, 0.2) is 40.2 Å². The molecule has 0 saturated carbocycles. The van der Waals surface area contributed by atoms with Crippen LogP contribution in [0.1, 0.15) is 16.0 Å². The lowest BCUT2D eigenvalue weighted by Crippen LogP contribution is -2.16. The van der Waals surface area contributed by atoms with Crippen molar-refractivity contribution in [1.82, 2.24) is 5.32 Å². The SMILES string of the molecule is Cc1ccc(CNCCc2cccs2)c(Br)c1. The van der Waals surface area contributed by atoms with E-state index in [4.69, 9.17) is 0 Å². The summed E-state index contributed by atoms with van der Waals surface area (Å²) in [6.07, 6.45) is 1.11. The van der Waals surface area contributed by atoms with Gasteiger partial charge < -0.3 is 5.32 Å². The summed E-state index contributed by atoms with van der Waals surface area (Å²) >= 11 is 5.42. The first-order valence-electron chi connectivity index (χ1n) is 5.74. The van der Waals surface area contributed by atoms with Gasteiger partial charge in [0.25, 0.3) is 0 Å². The van der Waals surface area contributed by atoms with E-state index in [1.54, 1.807) is 0 Å². The Balaban J connectivity index is 1.78. The molecule has 0 amide bonds. The highest BCUT2D eigenvalue weighted by molar-refractivity contribution is 9.10. The third-order valence-corrected chi connectivity index (χ3v) is 4.33. The number of hydrogen-bond donors (Lipinski definition) is 1. The Bertz CT molecular complexity index is 465. The van der Waals surface area contributed by atoms with E-state index in [1.807, 2.05) is 11.3 Å². The monoisotopic (exact) mass is 309 g/mol. The van der Waals surface area contributed by atoms with E-state index in [0.717, 1.165) is 19.5 Å². The Morgan fingerprint density at radius 2 is 2.18 bits per heavy atom. The van der Waals surface area contributed by atoms with Gasteiger partial charge in [0.2, 0.25) is 0 Å². The van der Waals surface area contributed by atoms with Gasteiger partial charge in [0.1, 0.15) is 0 Å². The van der Waals surface area contributed by atoms with Crippen LogP contribution in [0, 0.1) is 6.92 Å². The summed E-state index contributed by atoms with van der Waals surface area (Å²) in [7, 11) is 0. The highest BCUT2D eigenvalue weighted by atomic mass is 79.9. The minimum absolute atomic E-state index is 0.923. The van der Waals surface area contributed by atoms with Gasteiger partial charge in [-0.3, -0.25) is 0 Å². The molecule has 0 aliphatic carbocycles. The van der Waals surface area contributed by atoms with Crippen LogP contribution in [0.3, 0.4) is 0 Å². The normalized spacial score (nSPS) is 10.7. The molecule has 0 radical (unpaired) electrons. The van der Waals surface area contributed by atoms with Gasteiger partial charge in [0.15, 0.2) is 0 Å². The maximum Gasteiger partial charge on any atom is 0.0222 e. The highest BCUT2D eigenvalue weighted by Crippen LogP contribution is 2.18. The van der Waals surface area contributed by atoms with Crippen LogP contribution in [0.2, 0.25) is 0 Å². The minimum Gasteiger partial charge on any atom is -0.312 e. The van der Waals surface area contributed by atoms with Crippen LogP contribution >= 0.6 is 27.3 Å². The fourth-order valence-corrected chi connectivity index (χ4v) is 3.03. The molecule has 0 saturated heterocycles. The average molecular weight is 310 g/mol. The molecule has 2 aromatic rings. The van der Waals surface area contributed by atoms with Gasteiger partial charge in [-0.05, 0) is 42.0 Å². The molecule has 2 rings (SSSR count). The molecule has 1 nitrogen and oxygen atoms in total. The maximum atomic E-state index is 3.60. The van der Waals surface area contributed by atoms with Gasteiger partial charge in [-0.2, -0.15) is 0 Å². The quantitative estimate of drug-likeness (QED) is 0.818. The molecule has 0 fully saturated rings. The van der Waals surface area contributed by atoms with Crippen LogP contribution in [0.25, 0.3) is 0 Å². The molecule has 0 spiro atoms. The Morgan fingerprint density at radius 1 is 1.29 bits per heavy atom. The van der Waals surface area contributed by atoms with E-state index in [-0.39, 0.29) is 0 Å². The Labute approximate surface area is 115 Å². The zero-order valence-corrected chi connectivity index (χ0v) is 12.3. The number of aryl methyl sites for hydroxylation is 1. The van der Waals surface area contributed by atoms with Crippen molar-refractivity contribution in [3.8, 4) is 0 Å². The van der Waals surface area contributed by atoms with E-state index >= 15 is 0 Å². The van der Waals surface area contributed by atoms with E-state index < -0.39 is 0 Å². The Hall–Kier alpha value is -0.640. The van der Waals surface area contributed by atoms with Gasteiger partial charge in [-0.1, -0.05) is 34.1 Å². The number of thiophene rings is 1. The summed E-state index contributed by atoms with van der Waals surface area (Å²) in [5.41, 5.74) is 2.61. The smallest absolute Gasteiger partial charge is 0.0222 e. The fourth-order valence-electron chi connectivity index (χ4n) is 1.69. The van der Waals surface area contributed by atoms with Crippen molar-refractivity contribution in [3.63, 3.8) is 0 Å². The molecule has 0 aliphatic rings. The van der Waals surface area contributed by atoms with Crippen LogP contribution in [0.4, 0.5) is 0 Å². The number of nitrogens with one attached hydrogen (secondary N) is 1. The molecule has 1 aromatic carbocycles. The number of rotatable bonds is 5. The molecule has 17 heavy (non-hydrogen) atoms. The van der Waals surface area contributed by atoms with Gasteiger partial charge in [-0.25, -0.2) is 0 Å². The Morgan fingerprint density at radius 3 is 2.88 bits per heavy atom. The molecule has 0 aliphatic heterocycles. The standard InChI is InChI=1S/C14H16BrNS/c1-11-4-5-12(14(15)9-11)10-16-7-6-13-3-2-8-17-13/h2-5,8-9,16H,6-7,10H2,1H3. The first kappa shape index (κ1) is 12.8. The van der Waals surface area contributed by atoms with Crippen LogP contribution in [-0.2, 0) is 13.0 Å². The third-order valence-electron chi connectivity index (χ3n) is 2.65. The van der Waals surface area contributed by atoms with Gasteiger partial charge in [-0.15, -0.1) is 11.3 Å². The van der Waals surface area contributed by atoms with E-state index in [2.05, 4.69) is 63.9 Å². The van der Waals surface area contributed by atoms with Crippen molar-refractivity contribution >= 4 is 27.3 Å². The number of halogens is 1. The van der Waals surface area contributed by atoms with Crippen molar-refractivity contribution in [2.24, 2.45) is 0 Å². The van der Waals surface area contributed by atoms with Gasteiger partial charge in [0.05, 0.1) is 0 Å². The van der Waals surface area contributed by atoms with Crippen molar-refractivity contribution in [2.75, 3.05) is 6.54 Å². The molecule has 0 bridgehead atoms. The molecule has 90 valence electrons. The second-order valence-electron chi connectivity index (χ2n) is 4.10. The number of hydrogen-bond acceptors (Lipinski definition) is 2. The molecule has 1 aromatic heterocycles. The predicted octanol–water partition coefficient (Wildman–Crippen LogP) is 4.15. The lowest BCUT2D eigenvalue weighted by Gasteiger charge is -2.07. The lowest BCUT2D eigenvalue weighted by molar-refractivity contribution is 0.689. The molecular weight excluding hydrogens is 294 g/mol. The van der Waals surface area contributed by atoms with E-state index in [9.17, 15) is 0 Å². The lowest BCUT2D eigenvalue weighted by atomic mass is 10.1. The van der Waals surface area contributed by atoms with Gasteiger partial charge >= 0.3 is 0 Å². The first-order valence-corrected chi connectivity index (χ1v) is 7.41. The highest BCUT2D eigenvalue weighted by Gasteiger charge is 1.99. The zero-order valence-electron chi connectivity index (χ0n) is 9.87. The van der Waals surface area contributed by atoms with Crippen LogP contribution < -0.4 is 5.32 Å². The minimum atomic E-state index is 0.923. The van der Waals surface area contributed by atoms with Crippen LogP contribution in [0.5, 0.6) is 0 Å². The molecule has 1 heterocycles. The summed E-state index contributed by atoms with van der Waals surface area (Å²) in [5.74, 6) is 0. The molecule has 3 heteroatoms. The van der Waals surface area contributed by atoms with E-state index in [1.165, 1.54) is 20.5 Å². The second-order valence-corrected chi connectivity index (χ2v) is 5.99. The largest absolute Gasteiger partial charge is 0.312 e. The average Bonchev–Trinajstić information content (AvgIpc) is 2.79. The summed E-state index contributed by atoms with van der Waals surface area (Å²) in [6, 6.07) is 10.8. The summed E-state index contributed by atoms with van der Waals surface area (Å²) < 4.78 is 1.20. The summed E-state index contributed by atoms with van der Waals surface area (Å²) in [6.45, 7) is 4.06. The third kappa shape index (κ3) is 3.95. The van der Waals surface area contributed by atoms with Crippen molar-refractivity contribution in [1.29, 1.82) is 0 Å². The topological polar surface area (TPSA) is 12.0 Å². The van der Waals surface area contributed by atoms with Gasteiger partial charge in [0, 0.05) is 22.4 Å². The van der Waals surface area contributed by atoms with Crippen molar-refractivity contribution in [2.45, 2.75) is 19.9 Å². The predicted molar refractivity (Wildman–Crippen MR) is 78.6 cm³/mol. The second kappa shape index (κ2) is 6.34. The zero-order chi connectivity index (χ0) is 12.1. The molecule has 0 atom stereocenters. The van der Waals surface area contributed by atoms with Crippen molar-refractivity contribution in [3.05, 3.63) is 56.2 Å². The number of benzene rings is 1.